The van der Waals surface area contributed by atoms with Crippen LogP contribution in [0.3, 0.4) is 0 Å². The number of carbonyl (C=O) groups is 1. The number of pyridine rings is 1. The van der Waals surface area contributed by atoms with E-state index in [1.165, 1.54) is 25.3 Å². The molecule has 0 bridgehead atoms. The number of nitrogens with zero attached hydrogens (tertiary/aromatic N) is 3. The van der Waals surface area contributed by atoms with Gasteiger partial charge in [0.25, 0.3) is 5.91 Å². The summed E-state index contributed by atoms with van der Waals surface area (Å²) in [6, 6.07) is 13.6. The average molecular weight is 482 g/mol. The molecule has 4 rings (SSSR count). The molecule has 1 fully saturated rings. The SMILES string of the molecule is C[C@H](F)C[C@@](C)(CNc1ccc(-c2cccc(C(=O)N[C@H]3CCOC3)c2)nn1)c1ncccc1F. The third-order valence-electron chi connectivity index (χ3n) is 6.07. The van der Waals surface area contributed by atoms with Gasteiger partial charge in [-0.1, -0.05) is 19.1 Å². The number of benzene rings is 1. The Hall–Kier alpha value is -3.46. The summed E-state index contributed by atoms with van der Waals surface area (Å²) in [5.74, 6) is -0.155. The highest BCUT2D eigenvalue weighted by molar-refractivity contribution is 5.95. The second-order valence-electron chi connectivity index (χ2n) is 9.15. The van der Waals surface area contributed by atoms with Crippen molar-refractivity contribution in [2.24, 2.45) is 0 Å². The van der Waals surface area contributed by atoms with Crippen LogP contribution in [0.25, 0.3) is 11.3 Å². The molecule has 2 aromatic heterocycles. The molecule has 1 aliphatic rings. The van der Waals surface area contributed by atoms with Gasteiger partial charge in [0.1, 0.15) is 11.6 Å². The Bertz CT molecular complexity index is 1150. The molecular weight excluding hydrogens is 452 g/mol. The Morgan fingerprint density at radius 3 is 2.77 bits per heavy atom. The summed E-state index contributed by atoms with van der Waals surface area (Å²) < 4.78 is 33.7. The van der Waals surface area contributed by atoms with Gasteiger partial charge >= 0.3 is 0 Å². The Morgan fingerprint density at radius 2 is 2.09 bits per heavy atom. The summed E-state index contributed by atoms with van der Waals surface area (Å²) in [7, 11) is 0. The molecular formula is C26H29F2N5O2. The van der Waals surface area contributed by atoms with E-state index in [0.717, 1.165) is 12.0 Å². The minimum Gasteiger partial charge on any atom is -0.379 e. The lowest BCUT2D eigenvalue weighted by Gasteiger charge is -2.30. The minimum absolute atomic E-state index is 0.0296. The Labute approximate surface area is 203 Å². The van der Waals surface area contributed by atoms with Crippen LogP contribution in [-0.2, 0) is 10.2 Å². The highest BCUT2D eigenvalue weighted by Crippen LogP contribution is 2.31. The summed E-state index contributed by atoms with van der Waals surface area (Å²) in [5.41, 5.74) is 1.22. The zero-order chi connectivity index (χ0) is 24.8. The van der Waals surface area contributed by atoms with E-state index in [1.807, 2.05) is 6.07 Å². The predicted molar refractivity (Wildman–Crippen MR) is 129 cm³/mol. The van der Waals surface area contributed by atoms with Crippen molar-refractivity contribution in [2.45, 2.75) is 44.3 Å². The summed E-state index contributed by atoms with van der Waals surface area (Å²) in [6.45, 7) is 4.64. The van der Waals surface area contributed by atoms with Gasteiger partial charge in [-0.25, -0.2) is 8.78 Å². The molecule has 0 unspecified atom stereocenters. The quantitative estimate of drug-likeness (QED) is 0.473. The van der Waals surface area contributed by atoms with Gasteiger partial charge in [-0.2, -0.15) is 0 Å². The van der Waals surface area contributed by atoms with Crippen molar-refractivity contribution in [3.8, 4) is 11.3 Å². The largest absolute Gasteiger partial charge is 0.379 e. The van der Waals surface area contributed by atoms with E-state index in [1.54, 1.807) is 37.3 Å². The van der Waals surface area contributed by atoms with Gasteiger partial charge in [0, 0.05) is 35.9 Å². The molecule has 3 atom stereocenters. The average Bonchev–Trinajstić information content (AvgIpc) is 3.36. The first-order valence-corrected chi connectivity index (χ1v) is 11.7. The van der Waals surface area contributed by atoms with Crippen molar-refractivity contribution >= 4 is 11.7 Å². The number of alkyl halides is 1. The molecule has 7 nitrogen and oxygen atoms in total. The van der Waals surface area contributed by atoms with Gasteiger partial charge in [0.05, 0.1) is 30.2 Å². The first-order valence-electron chi connectivity index (χ1n) is 11.7. The monoisotopic (exact) mass is 481 g/mol. The number of ether oxygens (including phenoxy) is 1. The molecule has 0 radical (unpaired) electrons. The van der Waals surface area contributed by atoms with Crippen LogP contribution in [0.1, 0.15) is 42.7 Å². The standard InChI is InChI=1S/C26H29F2N5O2/c1-17(27)14-26(2,24-21(28)7-4-11-29-24)16-30-23-9-8-22(32-33-23)18-5-3-6-19(13-18)25(34)31-20-10-12-35-15-20/h3-9,11,13,17,20H,10,12,14-16H2,1-2H3,(H,30,33)(H,31,34)/t17-,20-,26-/m0/s1. The number of anilines is 1. The van der Waals surface area contributed by atoms with Gasteiger partial charge in [-0.15, -0.1) is 10.2 Å². The van der Waals surface area contributed by atoms with Crippen molar-refractivity contribution in [1.29, 1.82) is 0 Å². The molecule has 0 saturated carbocycles. The maximum Gasteiger partial charge on any atom is 0.251 e. The topological polar surface area (TPSA) is 89.0 Å². The van der Waals surface area contributed by atoms with Crippen LogP contribution in [0, 0.1) is 5.82 Å². The number of hydrogen-bond donors (Lipinski definition) is 2. The maximum atomic E-state index is 14.4. The van der Waals surface area contributed by atoms with Crippen LogP contribution in [0.15, 0.2) is 54.7 Å². The van der Waals surface area contributed by atoms with E-state index in [9.17, 15) is 13.6 Å². The van der Waals surface area contributed by atoms with Gasteiger partial charge in [-0.05, 0) is 56.2 Å². The van der Waals surface area contributed by atoms with E-state index < -0.39 is 17.4 Å². The van der Waals surface area contributed by atoms with Crippen LogP contribution >= 0.6 is 0 Å². The molecule has 1 amide bonds. The molecule has 1 aliphatic heterocycles. The van der Waals surface area contributed by atoms with Gasteiger partial charge in [-0.3, -0.25) is 9.78 Å². The second kappa shape index (κ2) is 10.9. The fraction of sp³-hybridized carbons (Fsp3) is 0.385. The number of halogens is 2. The number of hydrogen-bond acceptors (Lipinski definition) is 6. The van der Waals surface area contributed by atoms with Crippen molar-refractivity contribution in [1.82, 2.24) is 20.5 Å². The number of carbonyl (C=O) groups excluding carboxylic acids is 1. The Kier molecular flexibility index (Phi) is 7.65. The van der Waals surface area contributed by atoms with Crippen LogP contribution in [0.2, 0.25) is 0 Å². The van der Waals surface area contributed by atoms with Crippen molar-refractivity contribution in [3.05, 3.63) is 71.8 Å². The first-order chi connectivity index (χ1) is 16.8. The van der Waals surface area contributed by atoms with Gasteiger partial charge in [0.15, 0.2) is 0 Å². The first kappa shape index (κ1) is 24.7. The molecule has 3 aromatic rings. The second-order valence-corrected chi connectivity index (χ2v) is 9.15. The van der Waals surface area contributed by atoms with E-state index >= 15 is 0 Å². The highest BCUT2D eigenvalue weighted by atomic mass is 19.1. The molecule has 0 spiro atoms. The van der Waals surface area contributed by atoms with Gasteiger partial charge < -0.3 is 15.4 Å². The molecule has 0 aliphatic carbocycles. The lowest BCUT2D eigenvalue weighted by molar-refractivity contribution is 0.0930. The number of nitrogens with one attached hydrogen (secondary N) is 2. The molecule has 3 heterocycles. The number of rotatable bonds is 9. The normalized spacial score (nSPS) is 18.0. The third-order valence-corrected chi connectivity index (χ3v) is 6.07. The minimum atomic E-state index is -1.14. The van der Waals surface area contributed by atoms with Crippen LogP contribution in [-0.4, -0.2) is 53.1 Å². The van der Waals surface area contributed by atoms with Crippen LogP contribution in [0.5, 0.6) is 0 Å². The molecule has 1 aromatic carbocycles. The highest BCUT2D eigenvalue weighted by Gasteiger charge is 2.33. The summed E-state index contributed by atoms with van der Waals surface area (Å²) in [4.78, 5) is 16.7. The van der Waals surface area contributed by atoms with Crippen molar-refractivity contribution in [3.63, 3.8) is 0 Å². The smallest absolute Gasteiger partial charge is 0.251 e. The van der Waals surface area contributed by atoms with Crippen LogP contribution < -0.4 is 10.6 Å². The van der Waals surface area contributed by atoms with Gasteiger partial charge in [0.2, 0.25) is 0 Å². The van der Waals surface area contributed by atoms with Crippen molar-refractivity contribution < 1.29 is 18.3 Å². The lowest BCUT2D eigenvalue weighted by atomic mass is 9.81. The summed E-state index contributed by atoms with van der Waals surface area (Å²) >= 11 is 0. The van der Waals surface area contributed by atoms with E-state index in [4.69, 9.17) is 4.74 Å². The van der Waals surface area contributed by atoms with E-state index in [0.29, 0.717) is 30.3 Å². The maximum absolute atomic E-state index is 14.4. The lowest BCUT2D eigenvalue weighted by Crippen LogP contribution is -2.35. The molecule has 2 N–H and O–H groups in total. The van der Waals surface area contributed by atoms with Crippen molar-refractivity contribution in [2.75, 3.05) is 25.1 Å². The number of amides is 1. The molecule has 35 heavy (non-hydrogen) atoms. The molecule has 1 saturated heterocycles. The summed E-state index contributed by atoms with van der Waals surface area (Å²) in [6.07, 6.45) is 1.27. The Balaban J connectivity index is 1.45. The molecule has 9 heteroatoms. The van der Waals surface area contributed by atoms with E-state index in [-0.39, 0.29) is 30.6 Å². The fourth-order valence-corrected chi connectivity index (χ4v) is 4.31. The number of aromatic nitrogens is 3. The third kappa shape index (κ3) is 6.16. The predicted octanol–water partition coefficient (Wildman–Crippen LogP) is 4.31. The Morgan fingerprint density at radius 1 is 1.23 bits per heavy atom. The zero-order valence-corrected chi connectivity index (χ0v) is 19.8. The summed E-state index contributed by atoms with van der Waals surface area (Å²) in [5, 5.41) is 14.6. The zero-order valence-electron chi connectivity index (χ0n) is 19.8. The molecule has 184 valence electrons. The van der Waals surface area contributed by atoms with Crippen LogP contribution in [0.4, 0.5) is 14.6 Å². The fourth-order valence-electron chi connectivity index (χ4n) is 4.31. The van der Waals surface area contributed by atoms with E-state index in [2.05, 4.69) is 25.8 Å².